The summed E-state index contributed by atoms with van der Waals surface area (Å²) >= 11 is 3.37. The number of nitrogens with zero attached hydrogens (tertiary/aromatic N) is 2. The summed E-state index contributed by atoms with van der Waals surface area (Å²) in [6.45, 7) is 6.95. The molecule has 4 atom stereocenters. The molecule has 1 fully saturated rings. The van der Waals surface area contributed by atoms with E-state index in [9.17, 15) is 10.2 Å². The van der Waals surface area contributed by atoms with Crippen LogP contribution in [-0.2, 0) is 13.0 Å². The lowest BCUT2D eigenvalue weighted by Crippen LogP contribution is -2.35. The highest BCUT2D eigenvalue weighted by atomic mass is 32.1. The molecule has 1 aliphatic carbocycles. The van der Waals surface area contributed by atoms with Gasteiger partial charge >= 0.3 is 0 Å². The van der Waals surface area contributed by atoms with Crippen molar-refractivity contribution in [1.29, 1.82) is 0 Å². The minimum absolute atomic E-state index is 0.0193. The van der Waals surface area contributed by atoms with Crippen LogP contribution in [0.15, 0.2) is 41.8 Å². The molecule has 0 amide bonds. The number of aliphatic hydroxyl groups excluding tert-OH is 2. The van der Waals surface area contributed by atoms with Crippen molar-refractivity contribution in [3.05, 3.63) is 57.8 Å². The van der Waals surface area contributed by atoms with Gasteiger partial charge in [0.15, 0.2) is 0 Å². The lowest BCUT2D eigenvalue weighted by Gasteiger charge is -2.23. The van der Waals surface area contributed by atoms with Crippen LogP contribution in [0.2, 0.25) is 0 Å². The summed E-state index contributed by atoms with van der Waals surface area (Å²) in [5.74, 6) is 1.57. The predicted molar refractivity (Wildman–Crippen MR) is 142 cm³/mol. The number of para-hydroxylation sites is 1. The van der Waals surface area contributed by atoms with Crippen molar-refractivity contribution in [2.75, 3.05) is 10.6 Å². The molecule has 0 bridgehead atoms. The molecule has 1 aromatic carbocycles. The van der Waals surface area contributed by atoms with E-state index in [4.69, 9.17) is 9.97 Å². The first-order valence-electron chi connectivity index (χ1n) is 11.7. The SMILES string of the molecule is CCc1c(NCc2cccs2)nc(NC2CC(C)C(O)C2O)c(-c2nc3ccccc3s2)c1C. The highest BCUT2D eigenvalue weighted by Gasteiger charge is 2.39. The number of nitrogens with one attached hydrogen (secondary N) is 2. The molecule has 6 nitrogen and oxygen atoms in total. The molecule has 0 radical (unpaired) electrons. The first-order chi connectivity index (χ1) is 16.5. The Hall–Kier alpha value is -2.52. The van der Waals surface area contributed by atoms with Crippen LogP contribution >= 0.6 is 22.7 Å². The van der Waals surface area contributed by atoms with Gasteiger partial charge in [-0.1, -0.05) is 32.0 Å². The highest BCUT2D eigenvalue weighted by molar-refractivity contribution is 7.21. The largest absolute Gasteiger partial charge is 0.390 e. The van der Waals surface area contributed by atoms with Crippen LogP contribution in [0, 0.1) is 12.8 Å². The molecule has 4 unspecified atom stereocenters. The van der Waals surface area contributed by atoms with Gasteiger partial charge in [-0.25, -0.2) is 9.97 Å². The van der Waals surface area contributed by atoms with Crippen molar-refractivity contribution in [1.82, 2.24) is 9.97 Å². The van der Waals surface area contributed by atoms with Crippen molar-refractivity contribution in [2.24, 2.45) is 5.92 Å². The number of hydrogen-bond acceptors (Lipinski definition) is 8. The molecule has 3 heterocycles. The Balaban J connectivity index is 1.60. The van der Waals surface area contributed by atoms with E-state index in [1.54, 1.807) is 22.7 Å². The number of benzene rings is 1. The summed E-state index contributed by atoms with van der Waals surface area (Å²) in [6.07, 6.45) is -0.0638. The summed E-state index contributed by atoms with van der Waals surface area (Å²) in [4.78, 5) is 11.2. The van der Waals surface area contributed by atoms with Crippen LogP contribution in [0.5, 0.6) is 0 Å². The minimum Gasteiger partial charge on any atom is -0.390 e. The number of aromatic nitrogens is 2. The van der Waals surface area contributed by atoms with E-state index in [1.165, 1.54) is 4.88 Å². The zero-order chi connectivity index (χ0) is 23.8. The third-order valence-corrected chi connectivity index (χ3v) is 8.67. The number of anilines is 2. The Morgan fingerprint density at radius 1 is 1.06 bits per heavy atom. The molecule has 5 rings (SSSR count). The fraction of sp³-hybridized carbons (Fsp3) is 0.385. The van der Waals surface area contributed by atoms with E-state index in [2.05, 4.69) is 48.1 Å². The summed E-state index contributed by atoms with van der Waals surface area (Å²) in [7, 11) is 0. The molecular weight excluding hydrogens is 464 g/mol. The Bertz CT molecular complexity index is 1250. The Labute approximate surface area is 207 Å². The van der Waals surface area contributed by atoms with Crippen molar-refractivity contribution >= 4 is 44.5 Å². The molecule has 0 spiro atoms. The van der Waals surface area contributed by atoms with Crippen molar-refractivity contribution in [3.63, 3.8) is 0 Å². The molecule has 4 N–H and O–H groups in total. The van der Waals surface area contributed by atoms with Crippen LogP contribution in [0.1, 0.15) is 36.3 Å². The number of rotatable bonds is 7. The molecule has 8 heteroatoms. The Kier molecular flexibility index (Phi) is 6.57. The van der Waals surface area contributed by atoms with Gasteiger partial charge in [0.25, 0.3) is 0 Å². The zero-order valence-corrected chi connectivity index (χ0v) is 21.2. The lowest BCUT2D eigenvalue weighted by molar-refractivity contribution is 0.0210. The number of aliphatic hydroxyl groups is 2. The maximum atomic E-state index is 10.7. The molecule has 4 aromatic rings. The topological polar surface area (TPSA) is 90.3 Å². The van der Waals surface area contributed by atoms with Gasteiger partial charge in [0.2, 0.25) is 0 Å². The molecule has 0 saturated heterocycles. The van der Waals surface area contributed by atoms with Gasteiger partial charge in [-0.05, 0) is 60.4 Å². The van der Waals surface area contributed by atoms with Crippen molar-refractivity contribution < 1.29 is 10.2 Å². The quantitative estimate of drug-likeness (QED) is 0.273. The molecule has 34 heavy (non-hydrogen) atoms. The van der Waals surface area contributed by atoms with Gasteiger partial charge in [-0.3, -0.25) is 0 Å². The van der Waals surface area contributed by atoms with Crippen LogP contribution < -0.4 is 10.6 Å². The molecule has 3 aromatic heterocycles. The van der Waals surface area contributed by atoms with Crippen LogP contribution in [0.3, 0.4) is 0 Å². The smallest absolute Gasteiger partial charge is 0.139 e. The third kappa shape index (κ3) is 4.31. The molecule has 1 aliphatic rings. The molecule has 178 valence electrons. The van der Waals surface area contributed by atoms with Gasteiger partial charge in [0.05, 0.1) is 34.5 Å². The first-order valence-corrected chi connectivity index (χ1v) is 13.4. The van der Waals surface area contributed by atoms with E-state index in [-0.39, 0.29) is 12.0 Å². The first kappa shape index (κ1) is 23.2. The van der Waals surface area contributed by atoms with Gasteiger partial charge in [-0.2, -0.15) is 0 Å². The number of hydrogen-bond donors (Lipinski definition) is 4. The maximum absolute atomic E-state index is 10.7. The van der Waals surface area contributed by atoms with Crippen molar-refractivity contribution in [2.45, 2.75) is 58.4 Å². The summed E-state index contributed by atoms with van der Waals surface area (Å²) < 4.78 is 1.13. The second-order valence-electron chi connectivity index (χ2n) is 9.01. The summed E-state index contributed by atoms with van der Waals surface area (Å²) in [6, 6.07) is 12.0. The zero-order valence-electron chi connectivity index (χ0n) is 19.6. The van der Waals surface area contributed by atoms with E-state index in [0.29, 0.717) is 18.8 Å². The summed E-state index contributed by atoms with van der Waals surface area (Å²) in [5.41, 5.74) is 4.24. The highest BCUT2D eigenvalue weighted by Crippen LogP contribution is 2.41. The summed E-state index contributed by atoms with van der Waals surface area (Å²) in [5, 5.41) is 31.0. The van der Waals surface area contributed by atoms with E-state index < -0.39 is 12.2 Å². The minimum atomic E-state index is -0.839. The number of thiazole rings is 1. The van der Waals surface area contributed by atoms with Gasteiger partial charge in [0, 0.05) is 4.88 Å². The third-order valence-electron chi connectivity index (χ3n) is 6.74. The number of fused-ring (bicyclic) bond motifs is 1. The number of thiophene rings is 1. The maximum Gasteiger partial charge on any atom is 0.139 e. The lowest BCUT2D eigenvalue weighted by atomic mass is 10.0. The predicted octanol–water partition coefficient (Wildman–Crippen LogP) is 5.44. The van der Waals surface area contributed by atoms with E-state index in [1.807, 2.05) is 25.1 Å². The second kappa shape index (κ2) is 9.62. The molecule has 0 aliphatic heterocycles. The monoisotopic (exact) mass is 494 g/mol. The van der Waals surface area contributed by atoms with Crippen LogP contribution in [-0.4, -0.2) is 38.4 Å². The van der Waals surface area contributed by atoms with Crippen LogP contribution in [0.4, 0.5) is 11.6 Å². The van der Waals surface area contributed by atoms with Crippen LogP contribution in [0.25, 0.3) is 20.8 Å². The Morgan fingerprint density at radius 2 is 1.88 bits per heavy atom. The standard InChI is InChI=1S/C26H30N4O2S2/c1-4-17-15(3)21(26-29-18-9-5-6-10-20(18)34-26)25(28-19-12-14(2)22(31)23(19)32)30-24(17)27-13-16-8-7-11-33-16/h5-11,14,19,22-23,31-32H,4,12-13H2,1-3H3,(H2,27,28,30). The fourth-order valence-corrected chi connectivity index (χ4v) is 6.54. The van der Waals surface area contributed by atoms with E-state index in [0.717, 1.165) is 44.2 Å². The fourth-order valence-electron chi connectivity index (χ4n) is 4.82. The molecular formula is C26H30N4O2S2. The second-order valence-corrected chi connectivity index (χ2v) is 11.1. The Morgan fingerprint density at radius 3 is 2.56 bits per heavy atom. The normalized spacial score (nSPS) is 22.4. The van der Waals surface area contributed by atoms with E-state index >= 15 is 0 Å². The average molecular weight is 495 g/mol. The van der Waals surface area contributed by atoms with Gasteiger partial charge in [0.1, 0.15) is 22.7 Å². The average Bonchev–Trinajstić information content (AvgIpc) is 3.55. The van der Waals surface area contributed by atoms with Gasteiger partial charge in [-0.15, -0.1) is 22.7 Å². The van der Waals surface area contributed by atoms with Crippen molar-refractivity contribution in [3.8, 4) is 10.6 Å². The number of pyridine rings is 1. The molecule has 1 saturated carbocycles. The van der Waals surface area contributed by atoms with Gasteiger partial charge < -0.3 is 20.8 Å².